The Labute approximate surface area is 112 Å². The highest BCUT2D eigenvalue weighted by molar-refractivity contribution is 6.30. The van der Waals surface area contributed by atoms with Gasteiger partial charge in [-0.1, -0.05) is 11.6 Å². The quantitative estimate of drug-likeness (QED) is 0.758. The van der Waals surface area contributed by atoms with E-state index in [0.717, 1.165) is 12.1 Å². The molecule has 8 heteroatoms. The molecule has 0 heterocycles. The number of nitrogens with one attached hydrogen (secondary N) is 1. The maximum atomic E-state index is 13.3. The number of nitrogens with two attached hydrogens (primary N) is 1. The maximum Gasteiger partial charge on any atom is 0.341 e. The van der Waals surface area contributed by atoms with Crippen LogP contribution >= 0.6 is 11.6 Å². The molecule has 0 spiro atoms. The first-order valence-corrected chi connectivity index (χ1v) is 5.45. The van der Waals surface area contributed by atoms with Crippen molar-refractivity contribution in [2.24, 2.45) is 5.73 Å². The van der Waals surface area contributed by atoms with Crippen LogP contribution in [0.15, 0.2) is 18.2 Å². The molecule has 0 fully saturated rings. The van der Waals surface area contributed by atoms with E-state index in [2.05, 4.69) is 10.1 Å². The van der Waals surface area contributed by atoms with Gasteiger partial charge in [-0.25, -0.2) is 9.18 Å². The lowest BCUT2D eigenvalue weighted by molar-refractivity contribution is -0.127. The predicted molar refractivity (Wildman–Crippen MR) is 63.9 cm³/mol. The molecular formula is C11H10ClFN2O4. The van der Waals surface area contributed by atoms with E-state index in [-0.39, 0.29) is 17.1 Å². The molecule has 102 valence electrons. The lowest BCUT2D eigenvalue weighted by Crippen LogP contribution is -2.36. The third-order valence-corrected chi connectivity index (χ3v) is 2.18. The minimum absolute atomic E-state index is 0.133. The van der Waals surface area contributed by atoms with E-state index in [0.29, 0.717) is 0 Å². The van der Waals surface area contributed by atoms with Gasteiger partial charge >= 0.3 is 5.97 Å². The first kappa shape index (κ1) is 14.9. The van der Waals surface area contributed by atoms with Crippen molar-refractivity contribution in [3.63, 3.8) is 0 Å². The summed E-state index contributed by atoms with van der Waals surface area (Å²) in [5.41, 5.74) is 4.46. The standard InChI is InChI=1S/C11H10ClFN2O4/c12-6-1-2-7(8(13)3-6)11(18)19-5-10(17)15-4-9(14)16/h1-3H,4-5H2,(H2,14,16)(H,15,17). The molecule has 3 N–H and O–H groups in total. The first-order valence-electron chi connectivity index (χ1n) is 5.07. The van der Waals surface area contributed by atoms with E-state index >= 15 is 0 Å². The summed E-state index contributed by atoms with van der Waals surface area (Å²) in [6.07, 6.45) is 0. The van der Waals surface area contributed by atoms with E-state index in [1.165, 1.54) is 6.07 Å². The number of carbonyl (C=O) groups excluding carboxylic acids is 3. The first-order chi connectivity index (χ1) is 8.90. The van der Waals surface area contributed by atoms with Crippen molar-refractivity contribution in [3.8, 4) is 0 Å². The Balaban J connectivity index is 2.51. The number of amides is 2. The Bertz CT molecular complexity index is 521. The van der Waals surface area contributed by atoms with Crippen LogP contribution in [0.1, 0.15) is 10.4 Å². The second-order valence-corrected chi connectivity index (χ2v) is 3.88. The highest BCUT2D eigenvalue weighted by Crippen LogP contribution is 2.15. The number of halogens is 2. The van der Waals surface area contributed by atoms with Crippen LogP contribution in [0, 0.1) is 5.82 Å². The van der Waals surface area contributed by atoms with Crippen molar-refractivity contribution in [2.75, 3.05) is 13.2 Å². The van der Waals surface area contributed by atoms with Crippen LogP contribution in [-0.4, -0.2) is 30.9 Å². The summed E-state index contributed by atoms with van der Waals surface area (Å²) in [4.78, 5) is 32.9. The van der Waals surface area contributed by atoms with Gasteiger partial charge in [-0.2, -0.15) is 0 Å². The number of primary amides is 1. The summed E-state index contributed by atoms with van der Waals surface area (Å²) in [6, 6.07) is 3.40. The Morgan fingerprint density at radius 1 is 1.37 bits per heavy atom. The summed E-state index contributed by atoms with van der Waals surface area (Å²) in [7, 11) is 0. The lowest BCUT2D eigenvalue weighted by Gasteiger charge is -2.06. The highest BCUT2D eigenvalue weighted by atomic mass is 35.5. The number of hydrogen-bond donors (Lipinski definition) is 2. The molecule has 1 rings (SSSR count). The van der Waals surface area contributed by atoms with Crippen LogP contribution in [0.2, 0.25) is 5.02 Å². The summed E-state index contributed by atoms with van der Waals surface area (Å²) in [5, 5.41) is 2.24. The van der Waals surface area contributed by atoms with Crippen LogP contribution in [0.4, 0.5) is 4.39 Å². The second-order valence-electron chi connectivity index (χ2n) is 3.44. The summed E-state index contributed by atoms with van der Waals surface area (Å²) < 4.78 is 17.9. The van der Waals surface area contributed by atoms with E-state index in [1.807, 2.05) is 0 Å². The topological polar surface area (TPSA) is 98.5 Å². The Kier molecular flexibility index (Phi) is 5.25. The molecule has 1 aromatic rings. The Morgan fingerprint density at radius 3 is 2.63 bits per heavy atom. The van der Waals surface area contributed by atoms with Crippen molar-refractivity contribution >= 4 is 29.4 Å². The highest BCUT2D eigenvalue weighted by Gasteiger charge is 2.15. The summed E-state index contributed by atoms with van der Waals surface area (Å²) in [6.45, 7) is -1.01. The van der Waals surface area contributed by atoms with Gasteiger partial charge in [-0.15, -0.1) is 0 Å². The molecule has 0 atom stereocenters. The fourth-order valence-corrected chi connectivity index (χ4v) is 1.26. The number of benzene rings is 1. The van der Waals surface area contributed by atoms with Gasteiger partial charge in [0.1, 0.15) is 5.82 Å². The number of carbonyl (C=O) groups is 3. The number of ether oxygens (including phenoxy) is 1. The fraction of sp³-hybridized carbons (Fsp3) is 0.182. The van der Waals surface area contributed by atoms with Crippen molar-refractivity contribution in [1.29, 1.82) is 0 Å². The fourth-order valence-electron chi connectivity index (χ4n) is 1.10. The van der Waals surface area contributed by atoms with Crippen LogP contribution in [0.25, 0.3) is 0 Å². The average molecular weight is 289 g/mol. The minimum Gasteiger partial charge on any atom is -0.452 e. The number of rotatable bonds is 5. The van der Waals surface area contributed by atoms with Gasteiger partial charge in [0.15, 0.2) is 6.61 Å². The van der Waals surface area contributed by atoms with Gasteiger partial charge in [0.25, 0.3) is 5.91 Å². The van der Waals surface area contributed by atoms with Crippen molar-refractivity contribution < 1.29 is 23.5 Å². The van der Waals surface area contributed by atoms with Crippen molar-refractivity contribution in [1.82, 2.24) is 5.32 Å². The lowest BCUT2D eigenvalue weighted by atomic mass is 10.2. The van der Waals surface area contributed by atoms with Gasteiger partial charge in [0.2, 0.25) is 5.91 Å². The molecule has 1 aromatic carbocycles. The third kappa shape index (κ3) is 4.92. The van der Waals surface area contributed by atoms with Gasteiger partial charge < -0.3 is 15.8 Å². The molecule has 0 aromatic heterocycles. The van der Waals surface area contributed by atoms with Gasteiger partial charge in [0.05, 0.1) is 12.1 Å². The second kappa shape index (κ2) is 6.69. The molecule has 0 aliphatic rings. The zero-order valence-electron chi connectivity index (χ0n) is 9.61. The van der Waals surface area contributed by atoms with Gasteiger partial charge in [-0.3, -0.25) is 9.59 Å². The molecule has 2 amide bonds. The van der Waals surface area contributed by atoms with E-state index in [9.17, 15) is 18.8 Å². The molecular weight excluding hydrogens is 279 g/mol. The SMILES string of the molecule is NC(=O)CNC(=O)COC(=O)c1ccc(Cl)cc1F. The van der Waals surface area contributed by atoms with Crippen LogP contribution < -0.4 is 11.1 Å². The molecule has 0 saturated carbocycles. The van der Waals surface area contributed by atoms with Crippen LogP contribution in [-0.2, 0) is 14.3 Å². The smallest absolute Gasteiger partial charge is 0.341 e. The number of hydrogen-bond acceptors (Lipinski definition) is 4. The zero-order chi connectivity index (χ0) is 14.4. The van der Waals surface area contributed by atoms with Crippen LogP contribution in [0.5, 0.6) is 0 Å². The molecule has 0 aliphatic heterocycles. The zero-order valence-corrected chi connectivity index (χ0v) is 10.4. The third-order valence-electron chi connectivity index (χ3n) is 1.95. The van der Waals surface area contributed by atoms with Gasteiger partial charge in [-0.05, 0) is 18.2 Å². The molecule has 0 unspecified atom stereocenters. The van der Waals surface area contributed by atoms with E-state index < -0.39 is 30.2 Å². The predicted octanol–water partition coefficient (Wildman–Crippen LogP) is 0.237. The van der Waals surface area contributed by atoms with Crippen molar-refractivity contribution in [3.05, 3.63) is 34.6 Å². The number of esters is 1. The van der Waals surface area contributed by atoms with E-state index in [1.54, 1.807) is 0 Å². The maximum absolute atomic E-state index is 13.3. The van der Waals surface area contributed by atoms with Crippen LogP contribution in [0.3, 0.4) is 0 Å². The Hall–Kier alpha value is -2.15. The minimum atomic E-state index is -1.01. The van der Waals surface area contributed by atoms with Gasteiger partial charge in [0, 0.05) is 5.02 Å². The average Bonchev–Trinajstić information content (AvgIpc) is 2.33. The normalized spacial score (nSPS) is 9.79. The molecule has 0 bridgehead atoms. The molecule has 0 aliphatic carbocycles. The van der Waals surface area contributed by atoms with E-state index in [4.69, 9.17) is 17.3 Å². The molecule has 6 nitrogen and oxygen atoms in total. The largest absolute Gasteiger partial charge is 0.452 e. The summed E-state index contributed by atoms with van der Waals surface area (Å²) in [5.74, 6) is -3.32. The Morgan fingerprint density at radius 2 is 2.05 bits per heavy atom. The molecule has 0 saturated heterocycles. The molecule has 0 radical (unpaired) electrons. The molecule has 19 heavy (non-hydrogen) atoms. The monoisotopic (exact) mass is 288 g/mol. The van der Waals surface area contributed by atoms with Crippen molar-refractivity contribution in [2.45, 2.75) is 0 Å². The summed E-state index contributed by atoms with van der Waals surface area (Å²) >= 11 is 5.52.